The van der Waals surface area contributed by atoms with E-state index in [1.165, 1.54) is 7.11 Å². The van der Waals surface area contributed by atoms with Gasteiger partial charge in [0.15, 0.2) is 11.5 Å². The second kappa shape index (κ2) is 6.68. The Labute approximate surface area is 155 Å². The molecule has 4 rings (SSSR count). The van der Waals surface area contributed by atoms with Crippen LogP contribution in [0.4, 0.5) is 0 Å². The molecule has 0 spiro atoms. The molecule has 4 aromatic rings. The number of hydrogen-bond donors (Lipinski definition) is 1. The molecule has 7 heteroatoms. The van der Waals surface area contributed by atoms with E-state index in [-0.39, 0.29) is 5.56 Å². The first kappa shape index (κ1) is 17.0. The van der Waals surface area contributed by atoms with Crippen LogP contribution < -0.4 is 15.0 Å². The minimum Gasteiger partial charge on any atom is -0.493 e. The maximum Gasteiger partial charge on any atom is 0.258 e. The largest absolute Gasteiger partial charge is 0.493 e. The van der Waals surface area contributed by atoms with Gasteiger partial charge in [-0.05, 0) is 30.2 Å². The fraction of sp³-hybridized carbons (Fsp3) is 0.200. The molecule has 1 aromatic carbocycles. The van der Waals surface area contributed by atoms with Crippen LogP contribution in [0.1, 0.15) is 17.0 Å². The van der Waals surface area contributed by atoms with Crippen LogP contribution in [-0.4, -0.2) is 34.2 Å². The van der Waals surface area contributed by atoms with Crippen molar-refractivity contribution in [3.8, 4) is 11.5 Å². The SMILES string of the molecule is COc1cc2nc(Cc3cnc4c(C)cncc4c3)[nH]c(=O)c2cc1OC. The summed E-state index contributed by atoms with van der Waals surface area (Å²) < 4.78 is 10.6. The molecular formula is C20H18N4O3. The van der Waals surface area contributed by atoms with Gasteiger partial charge >= 0.3 is 0 Å². The standard InChI is InChI=1S/C20H18N4O3/c1-11-8-21-10-13-4-12(9-22-19(11)13)5-18-23-15-7-17(27-3)16(26-2)6-14(15)20(25)24-18/h4,6-10H,5H2,1-3H3,(H,23,24,25). The molecule has 0 amide bonds. The van der Waals surface area contributed by atoms with Crippen LogP contribution in [0.25, 0.3) is 21.8 Å². The van der Waals surface area contributed by atoms with E-state index in [1.807, 2.05) is 13.0 Å². The lowest BCUT2D eigenvalue weighted by molar-refractivity contribution is 0.355. The van der Waals surface area contributed by atoms with Gasteiger partial charge in [-0.25, -0.2) is 4.98 Å². The van der Waals surface area contributed by atoms with Gasteiger partial charge in [0.05, 0.1) is 30.6 Å². The second-order valence-electron chi connectivity index (χ2n) is 6.29. The van der Waals surface area contributed by atoms with Gasteiger partial charge in [-0.1, -0.05) is 0 Å². The summed E-state index contributed by atoms with van der Waals surface area (Å²) in [5.74, 6) is 1.58. The average molecular weight is 362 g/mol. The van der Waals surface area contributed by atoms with E-state index in [2.05, 4.69) is 19.9 Å². The minimum absolute atomic E-state index is 0.220. The predicted molar refractivity (Wildman–Crippen MR) is 103 cm³/mol. The van der Waals surface area contributed by atoms with Gasteiger partial charge in [-0.2, -0.15) is 0 Å². The summed E-state index contributed by atoms with van der Waals surface area (Å²) >= 11 is 0. The Morgan fingerprint density at radius 1 is 1.04 bits per heavy atom. The van der Waals surface area contributed by atoms with Crippen LogP contribution in [0.5, 0.6) is 11.5 Å². The number of nitrogens with zero attached hydrogens (tertiary/aromatic N) is 3. The van der Waals surface area contributed by atoms with Gasteiger partial charge in [0.2, 0.25) is 0 Å². The fourth-order valence-corrected chi connectivity index (χ4v) is 3.13. The second-order valence-corrected chi connectivity index (χ2v) is 6.29. The van der Waals surface area contributed by atoms with E-state index in [4.69, 9.17) is 9.47 Å². The first-order valence-electron chi connectivity index (χ1n) is 8.43. The van der Waals surface area contributed by atoms with Crippen molar-refractivity contribution in [1.29, 1.82) is 0 Å². The fourth-order valence-electron chi connectivity index (χ4n) is 3.13. The Bertz CT molecular complexity index is 1220. The molecule has 1 N–H and O–H groups in total. The number of H-pyrrole nitrogens is 1. The topological polar surface area (TPSA) is 90.0 Å². The molecule has 0 atom stereocenters. The molecule has 0 aliphatic carbocycles. The highest BCUT2D eigenvalue weighted by Crippen LogP contribution is 2.30. The van der Waals surface area contributed by atoms with Gasteiger partial charge in [-0.15, -0.1) is 0 Å². The quantitative estimate of drug-likeness (QED) is 0.600. The minimum atomic E-state index is -0.220. The maximum absolute atomic E-state index is 12.5. The number of pyridine rings is 2. The molecule has 7 nitrogen and oxygen atoms in total. The molecule has 0 radical (unpaired) electrons. The molecule has 0 saturated carbocycles. The van der Waals surface area contributed by atoms with Crippen LogP contribution in [0.15, 0.2) is 41.6 Å². The van der Waals surface area contributed by atoms with Gasteiger partial charge in [0, 0.05) is 36.5 Å². The number of hydrogen-bond acceptors (Lipinski definition) is 6. The third-order valence-electron chi connectivity index (χ3n) is 4.46. The lowest BCUT2D eigenvalue weighted by Crippen LogP contribution is -2.12. The molecule has 3 heterocycles. The zero-order valence-corrected chi connectivity index (χ0v) is 15.2. The van der Waals surface area contributed by atoms with Gasteiger partial charge in [0.1, 0.15) is 5.82 Å². The lowest BCUT2D eigenvalue weighted by Gasteiger charge is -2.09. The van der Waals surface area contributed by atoms with Gasteiger partial charge < -0.3 is 14.5 Å². The number of benzene rings is 1. The monoisotopic (exact) mass is 362 g/mol. The summed E-state index contributed by atoms with van der Waals surface area (Å²) in [4.78, 5) is 28.6. The van der Waals surface area contributed by atoms with E-state index >= 15 is 0 Å². The highest BCUT2D eigenvalue weighted by molar-refractivity contribution is 5.82. The van der Waals surface area contributed by atoms with E-state index in [0.717, 1.165) is 22.0 Å². The zero-order chi connectivity index (χ0) is 19.0. The Morgan fingerprint density at radius 3 is 2.59 bits per heavy atom. The number of aryl methyl sites for hydroxylation is 1. The number of nitrogens with one attached hydrogen (secondary N) is 1. The predicted octanol–water partition coefficient (Wildman–Crippen LogP) is 2.78. The van der Waals surface area contributed by atoms with E-state index < -0.39 is 0 Å². The van der Waals surface area contributed by atoms with Gasteiger partial charge in [0.25, 0.3) is 5.56 Å². The number of methoxy groups -OCH3 is 2. The molecule has 0 aliphatic rings. The number of aromatic nitrogens is 4. The Kier molecular flexibility index (Phi) is 4.19. The van der Waals surface area contributed by atoms with E-state index in [1.54, 1.807) is 37.8 Å². The van der Waals surface area contributed by atoms with Crippen LogP contribution in [-0.2, 0) is 6.42 Å². The molecule has 3 aromatic heterocycles. The maximum atomic E-state index is 12.5. The van der Waals surface area contributed by atoms with Crippen molar-refractivity contribution >= 4 is 21.8 Å². The highest BCUT2D eigenvalue weighted by Gasteiger charge is 2.12. The third-order valence-corrected chi connectivity index (χ3v) is 4.46. The first-order valence-corrected chi connectivity index (χ1v) is 8.43. The number of rotatable bonds is 4. The highest BCUT2D eigenvalue weighted by atomic mass is 16.5. The number of fused-ring (bicyclic) bond motifs is 2. The Hall–Kier alpha value is -3.48. The van der Waals surface area contributed by atoms with Crippen molar-refractivity contribution < 1.29 is 9.47 Å². The van der Waals surface area contributed by atoms with Crippen molar-refractivity contribution in [2.75, 3.05) is 14.2 Å². The van der Waals surface area contributed by atoms with Crippen molar-refractivity contribution in [1.82, 2.24) is 19.9 Å². The third kappa shape index (κ3) is 3.08. The molecule has 0 unspecified atom stereocenters. The lowest BCUT2D eigenvalue weighted by atomic mass is 10.1. The smallest absolute Gasteiger partial charge is 0.258 e. The van der Waals surface area contributed by atoms with Crippen LogP contribution >= 0.6 is 0 Å². The molecule has 0 bridgehead atoms. The van der Waals surface area contributed by atoms with Crippen molar-refractivity contribution in [3.63, 3.8) is 0 Å². The van der Waals surface area contributed by atoms with Crippen molar-refractivity contribution in [2.24, 2.45) is 0 Å². The van der Waals surface area contributed by atoms with Crippen molar-refractivity contribution in [3.05, 3.63) is 64.1 Å². The van der Waals surface area contributed by atoms with Crippen LogP contribution in [0.2, 0.25) is 0 Å². The molecule has 0 saturated heterocycles. The van der Waals surface area contributed by atoms with Crippen molar-refractivity contribution in [2.45, 2.75) is 13.3 Å². The van der Waals surface area contributed by atoms with Crippen LogP contribution in [0, 0.1) is 6.92 Å². The first-order chi connectivity index (χ1) is 13.1. The Balaban J connectivity index is 1.77. The molecule has 0 fully saturated rings. The number of ether oxygens (including phenoxy) is 2. The zero-order valence-electron chi connectivity index (χ0n) is 15.2. The summed E-state index contributed by atoms with van der Waals surface area (Å²) in [5, 5.41) is 1.41. The summed E-state index contributed by atoms with van der Waals surface area (Å²) in [7, 11) is 3.08. The molecular weight excluding hydrogens is 344 g/mol. The van der Waals surface area contributed by atoms with Crippen LogP contribution in [0.3, 0.4) is 0 Å². The molecule has 0 aliphatic heterocycles. The number of aromatic amines is 1. The Morgan fingerprint density at radius 2 is 1.81 bits per heavy atom. The normalized spacial score (nSPS) is 11.1. The molecule has 27 heavy (non-hydrogen) atoms. The average Bonchev–Trinajstić information content (AvgIpc) is 2.67. The summed E-state index contributed by atoms with van der Waals surface area (Å²) in [6, 6.07) is 5.36. The van der Waals surface area contributed by atoms with Gasteiger partial charge in [-0.3, -0.25) is 14.8 Å². The summed E-state index contributed by atoms with van der Waals surface area (Å²) in [6.07, 6.45) is 5.83. The summed E-state index contributed by atoms with van der Waals surface area (Å²) in [5.41, 5.74) is 3.22. The van der Waals surface area contributed by atoms with E-state index in [0.29, 0.717) is 34.6 Å². The van der Waals surface area contributed by atoms with E-state index in [9.17, 15) is 4.79 Å². The summed E-state index contributed by atoms with van der Waals surface area (Å²) in [6.45, 7) is 1.98. The molecule has 136 valence electrons.